The summed E-state index contributed by atoms with van der Waals surface area (Å²) < 4.78 is 0. The Labute approximate surface area is 106 Å². The molecule has 0 spiro atoms. The Bertz CT molecular complexity index is 321. The van der Waals surface area contributed by atoms with Gasteiger partial charge in [-0.3, -0.25) is 0 Å². The van der Waals surface area contributed by atoms with Gasteiger partial charge in [0.2, 0.25) is 0 Å². The molecule has 96 valence electrons. The van der Waals surface area contributed by atoms with Crippen LogP contribution in [0.15, 0.2) is 0 Å². The molecule has 4 aliphatic rings. The summed E-state index contributed by atoms with van der Waals surface area (Å²) in [6.45, 7) is 2.41. The van der Waals surface area contributed by atoms with Gasteiger partial charge in [0, 0.05) is 5.54 Å². The van der Waals surface area contributed by atoms with Crippen LogP contribution in [0, 0.1) is 35.5 Å². The normalized spacial score (nSPS) is 60.4. The van der Waals surface area contributed by atoms with Crippen LogP contribution >= 0.6 is 0 Å². The van der Waals surface area contributed by atoms with E-state index >= 15 is 0 Å². The molecule has 0 aromatic rings. The van der Waals surface area contributed by atoms with Crippen LogP contribution in [0.5, 0.6) is 0 Å². The molecule has 2 N–H and O–H groups in total. The molecule has 7 atom stereocenters. The summed E-state index contributed by atoms with van der Waals surface area (Å²) in [4.78, 5) is 0. The lowest BCUT2D eigenvalue weighted by atomic mass is 9.45. The van der Waals surface area contributed by atoms with Gasteiger partial charge in [-0.2, -0.15) is 0 Å². The first-order chi connectivity index (χ1) is 8.18. The predicted molar refractivity (Wildman–Crippen MR) is 70.5 cm³/mol. The van der Waals surface area contributed by atoms with Crippen molar-refractivity contribution in [2.75, 3.05) is 0 Å². The molecule has 4 saturated carbocycles. The van der Waals surface area contributed by atoms with Crippen LogP contribution in [-0.2, 0) is 0 Å². The maximum atomic E-state index is 6.70. The lowest BCUT2D eigenvalue weighted by Crippen LogP contribution is -2.60. The van der Waals surface area contributed by atoms with Crippen LogP contribution in [-0.4, -0.2) is 5.54 Å². The quantitative estimate of drug-likeness (QED) is 0.736. The summed E-state index contributed by atoms with van der Waals surface area (Å²) in [5, 5.41) is 0. The lowest BCUT2D eigenvalue weighted by molar-refractivity contribution is -0.0996. The van der Waals surface area contributed by atoms with Crippen LogP contribution in [0.3, 0.4) is 0 Å². The van der Waals surface area contributed by atoms with Crippen molar-refractivity contribution in [3.05, 3.63) is 0 Å². The minimum absolute atomic E-state index is 0.250. The van der Waals surface area contributed by atoms with E-state index in [-0.39, 0.29) is 5.54 Å². The molecule has 4 aliphatic carbocycles. The van der Waals surface area contributed by atoms with Gasteiger partial charge in [-0.05, 0) is 80.5 Å². The van der Waals surface area contributed by atoms with E-state index < -0.39 is 0 Å². The second kappa shape index (κ2) is 3.50. The number of nitrogens with two attached hydrogens (primary N) is 1. The van der Waals surface area contributed by atoms with Crippen LogP contribution < -0.4 is 5.73 Å². The highest BCUT2D eigenvalue weighted by atomic mass is 14.8. The first-order valence-corrected chi connectivity index (χ1v) is 7.97. The topological polar surface area (TPSA) is 26.0 Å². The van der Waals surface area contributed by atoms with E-state index in [0.717, 1.165) is 35.5 Å². The van der Waals surface area contributed by atoms with E-state index in [1.165, 1.54) is 38.5 Å². The summed E-state index contributed by atoms with van der Waals surface area (Å²) in [6, 6.07) is 0. The maximum absolute atomic E-state index is 6.70. The van der Waals surface area contributed by atoms with Crippen LogP contribution in [0.2, 0.25) is 0 Å². The Balaban J connectivity index is 1.72. The Morgan fingerprint density at radius 1 is 1.06 bits per heavy atom. The molecule has 4 rings (SSSR count). The van der Waals surface area contributed by atoms with Gasteiger partial charge in [-0.1, -0.05) is 13.3 Å². The first-order valence-electron chi connectivity index (χ1n) is 7.97. The Hall–Kier alpha value is -0.0400. The van der Waals surface area contributed by atoms with Crippen molar-refractivity contribution in [3.8, 4) is 0 Å². The standard InChI is InChI=1S/C16H27N/c1-2-11-5-10-6-12-3-4-16(17)8-14(11)13(7-10)15(12)9-16/h10-15H,2-9,17H2,1H3. The average molecular weight is 233 g/mol. The Kier molecular flexibility index (Phi) is 2.23. The Morgan fingerprint density at radius 3 is 2.71 bits per heavy atom. The summed E-state index contributed by atoms with van der Waals surface area (Å²) in [6.07, 6.45) is 11.6. The van der Waals surface area contributed by atoms with E-state index in [2.05, 4.69) is 6.92 Å². The molecule has 0 amide bonds. The van der Waals surface area contributed by atoms with E-state index in [0.29, 0.717) is 0 Å². The van der Waals surface area contributed by atoms with Crippen LogP contribution in [0.25, 0.3) is 0 Å². The van der Waals surface area contributed by atoms with Crippen molar-refractivity contribution in [2.24, 2.45) is 41.2 Å². The van der Waals surface area contributed by atoms with Gasteiger partial charge < -0.3 is 5.73 Å². The van der Waals surface area contributed by atoms with Crippen LogP contribution in [0.1, 0.15) is 58.3 Å². The smallest absolute Gasteiger partial charge is 0.0160 e. The molecule has 4 fully saturated rings. The van der Waals surface area contributed by atoms with Crippen molar-refractivity contribution in [1.29, 1.82) is 0 Å². The molecule has 17 heavy (non-hydrogen) atoms. The molecule has 0 heterocycles. The van der Waals surface area contributed by atoms with E-state index in [9.17, 15) is 0 Å². The number of hydrogen-bond donors (Lipinski definition) is 1. The van der Waals surface area contributed by atoms with Gasteiger partial charge in [0.05, 0.1) is 0 Å². The van der Waals surface area contributed by atoms with Crippen molar-refractivity contribution < 1.29 is 0 Å². The summed E-state index contributed by atoms with van der Waals surface area (Å²) in [5.41, 5.74) is 6.95. The fraction of sp³-hybridized carbons (Fsp3) is 1.00. The fourth-order valence-corrected chi connectivity index (χ4v) is 6.38. The van der Waals surface area contributed by atoms with Gasteiger partial charge >= 0.3 is 0 Å². The first kappa shape index (κ1) is 10.8. The van der Waals surface area contributed by atoms with Crippen molar-refractivity contribution in [2.45, 2.75) is 63.8 Å². The zero-order valence-electron chi connectivity index (χ0n) is 11.2. The zero-order chi connectivity index (χ0) is 11.6. The highest BCUT2D eigenvalue weighted by Gasteiger charge is 2.56. The second-order valence-corrected chi connectivity index (χ2v) is 7.80. The summed E-state index contributed by atoms with van der Waals surface area (Å²) in [5.74, 6) is 6.28. The van der Waals surface area contributed by atoms with Crippen LogP contribution in [0.4, 0.5) is 0 Å². The molecule has 7 unspecified atom stereocenters. The molecular weight excluding hydrogens is 206 g/mol. The van der Waals surface area contributed by atoms with Gasteiger partial charge in [0.15, 0.2) is 0 Å². The minimum atomic E-state index is 0.250. The molecule has 4 bridgehead atoms. The summed E-state index contributed by atoms with van der Waals surface area (Å²) >= 11 is 0. The fourth-order valence-electron chi connectivity index (χ4n) is 6.38. The monoisotopic (exact) mass is 233 g/mol. The Morgan fingerprint density at radius 2 is 1.88 bits per heavy atom. The third-order valence-corrected chi connectivity index (χ3v) is 7.01. The molecule has 1 nitrogen and oxygen atoms in total. The van der Waals surface area contributed by atoms with Crippen molar-refractivity contribution in [1.82, 2.24) is 0 Å². The molecule has 0 radical (unpaired) electrons. The molecule has 0 aromatic carbocycles. The molecule has 0 aromatic heterocycles. The van der Waals surface area contributed by atoms with E-state index in [4.69, 9.17) is 5.73 Å². The minimum Gasteiger partial charge on any atom is -0.325 e. The maximum Gasteiger partial charge on any atom is 0.0160 e. The van der Waals surface area contributed by atoms with E-state index in [1.54, 1.807) is 12.8 Å². The largest absolute Gasteiger partial charge is 0.325 e. The van der Waals surface area contributed by atoms with Gasteiger partial charge in [-0.15, -0.1) is 0 Å². The lowest BCUT2D eigenvalue weighted by Gasteiger charge is -2.62. The highest BCUT2D eigenvalue weighted by molar-refractivity contribution is 5.08. The van der Waals surface area contributed by atoms with Crippen molar-refractivity contribution in [3.63, 3.8) is 0 Å². The third kappa shape index (κ3) is 1.47. The van der Waals surface area contributed by atoms with Gasteiger partial charge in [-0.25, -0.2) is 0 Å². The highest BCUT2D eigenvalue weighted by Crippen LogP contribution is 2.62. The van der Waals surface area contributed by atoms with Gasteiger partial charge in [0.25, 0.3) is 0 Å². The number of fused-ring (bicyclic) bond motifs is 2. The number of rotatable bonds is 1. The molecular formula is C16H27N. The predicted octanol–water partition coefficient (Wildman–Crippen LogP) is 3.58. The number of hydrogen-bond acceptors (Lipinski definition) is 1. The van der Waals surface area contributed by atoms with Gasteiger partial charge in [0.1, 0.15) is 0 Å². The SMILES string of the molecule is CCC1CC2CC3CCC4(N)CC1C(C2)C3C4. The second-order valence-electron chi connectivity index (χ2n) is 7.80. The average Bonchev–Trinajstić information content (AvgIpc) is 2.34. The van der Waals surface area contributed by atoms with Crippen molar-refractivity contribution >= 4 is 0 Å². The summed E-state index contributed by atoms with van der Waals surface area (Å²) in [7, 11) is 0. The third-order valence-electron chi connectivity index (χ3n) is 7.01. The molecule has 0 saturated heterocycles. The molecule has 0 aliphatic heterocycles. The zero-order valence-corrected chi connectivity index (χ0v) is 11.2. The molecule has 1 heteroatoms. The van der Waals surface area contributed by atoms with E-state index in [1.807, 2.05) is 0 Å².